The van der Waals surface area contributed by atoms with E-state index in [1.807, 2.05) is 24.3 Å². The SMILES string of the molecule is CCC(C)SC1=NC(=Cc2ccc(OC)cc2)C(=O)N1c1ccc(Cl)c(OC)c1. The predicted molar refractivity (Wildman–Crippen MR) is 121 cm³/mol. The molecule has 2 aromatic carbocycles. The Labute approximate surface area is 180 Å². The normalized spacial score (nSPS) is 16.2. The minimum atomic E-state index is -0.184. The van der Waals surface area contributed by atoms with Crippen molar-refractivity contribution in [3.8, 4) is 11.5 Å². The van der Waals surface area contributed by atoms with Crippen molar-refractivity contribution in [1.82, 2.24) is 0 Å². The van der Waals surface area contributed by atoms with E-state index in [0.717, 1.165) is 17.7 Å². The van der Waals surface area contributed by atoms with Gasteiger partial charge in [0.25, 0.3) is 5.91 Å². The zero-order valence-electron chi connectivity index (χ0n) is 16.8. The highest BCUT2D eigenvalue weighted by Crippen LogP contribution is 2.35. The fraction of sp³-hybridized carbons (Fsp3) is 0.273. The summed E-state index contributed by atoms with van der Waals surface area (Å²) in [7, 11) is 3.17. The number of nitrogens with zero attached hydrogens (tertiary/aromatic N) is 2. The van der Waals surface area contributed by atoms with Crippen LogP contribution in [0.2, 0.25) is 5.02 Å². The number of aliphatic imine (C=N–C) groups is 1. The lowest BCUT2D eigenvalue weighted by Crippen LogP contribution is -2.31. The summed E-state index contributed by atoms with van der Waals surface area (Å²) in [5, 5.41) is 1.46. The number of hydrogen-bond donors (Lipinski definition) is 0. The molecule has 0 N–H and O–H groups in total. The largest absolute Gasteiger partial charge is 0.497 e. The molecule has 1 aliphatic rings. The van der Waals surface area contributed by atoms with Crippen LogP contribution in [-0.4, -0.2) is 30.5 Å². The van der Waals surface area contributed by atoms with E-state index in [4.69, 9.17) is 21.1 Å². The van der Waals surface area contributed by atoms with Crippen molar-refractivity contribution in [2.24, 2.45) is 4.99 Å². The summed E-state index contributed by atoms with van der Waals surface area (Å²) in [4.78, 5) is 19.5. The molecule has 0 radical (unpaired) electrons. The lowest BCUT2D eigenvalue weighted by molar-refractivity contribution is -0.113. The third kappa shape index (κ3) is 4.77. The second kappa shape index (κ2) is 9.37. The topological polar surface area (TPSA) is 51.1 Å². The zero-order chi connectivity index (χ0) is 21.0. The van der Waals surface area contributed by atoms with Crippen molar-refractivity contribution in [3.63, 3.8) is 0 Å². The zero-order valence-corrected chi connectivity index (χ0v) is 18.4. The minimum absolute atomic E-state index is 0.184. The van der Waals surface area contributed by atoms with E-state index in [0.29, 0.717) is 32.6 Å². The van der Waals surface area contributed by atoms with Crippen molar-refractivity contribution in [2.45, 2.75) is 25.5 Å². The number of thioether (sulfide) groups is 1. The number of benzene rings is 2. The average molecular weight is 431 g/mol. The number of hydrogen-bond acceptors (Lipinski definition) is 5. The van der Waals surface area contributed by atoms with Crippen LogP contribution in [0.5, 0.6) is 11.5 Å². The predicted octanol–water partition coefficient (Wildman–Crippen LogP) is 5.63. The Bertz CT molecular complexity index is 957. The summed E-state index contributed by atoms with van der Waals surface area (Å²) in [6.45, 7) is 4.22. The van der Waals surface area contributed by atoms with Crippen LogP contribution in [0, 0.1) is 0 Å². The minimum Gasteiger partial charge on any atom is -0.497 e. The summed E-state index contributed by atoms with van der Waals surface area (Å²) >= 11 is 7.73. The van der Waals surface area contributed by atoms with E-state index in [1.54, 1.807) is 55.2 Å². The first-order chi connectivity index (χ1) is 14.0. The molecule has 2 aromatic rings. The van der Waals surface area contributed by atoms with Gasteiger partial charge in [-0.2, -0.15) is 0 Å². The Morgan fingerprint density at radius 1 is 1.17 bits per heavy atom. The number of rotatable bonds is 6. The first-order valence-electron chi connectivity index (χ1n) is 9.26. The van der Waals surface area contributed by atoms with Crippen LogP contribution >= 0.6 is 23.4 Å². The molecule has 1 aliphatic heterocycles. The van der Waals surface area contributed by atoms with Crippen LogP contribution < -0.4 is 14.4 Å². The standard InChI is InChI=1S/C22H23ClN2O3S/c1-5-14(2)29-22-24-19(12-15-6-9-17(27-3)10-7-15)21(26)25(22)16-8-11-18(23)20(13-16)28-4/h6-14H,5H2,1-4H3. The molecule has 1 atom stereocenters. The molecule has 0 saturated heterocycles. The molecular weight excluding hydrogens is 408 g/mol. The van der Waals surface area contributed by atoms with Gasteiger partial charge in [-0.3, -0.25) is 9.69 Å². The van der Waals surface area contributed by atoms with Gasteiger partial charge in [-0.25, -0.2) is 4.99 Å². The van der Waals surface area contributed by atoms with Crippen LogP contribution in [-0.2, 0) is 4.79 Å². The summed E-state index contributed by atoms with van der Waals surface area (Å²) in [5.74, 6) is 1.09. The quantitative estimate of drug-likeness (QED) is 0.557. The van der Waals surface area contributed by atoms with Crippen molar-refractivity contribution in [1.29, 1.82) is 0 Å². The number of amides is 1. The molecule has 5 nitrogen and oxygen atoms in total. The van der Waals surface area contributed by atoms with Gasteiger partial charge in [0.15, 0.2) is 5.17 Å². The van der Waals surface area contributed by atoms with Crippen molar-refractivity contribution < 1.29 is 14.3 Å². The number of carbonyl (C=O) groups is 1. The number of amidine groups is 1. The Hall–Kier alpha value is -2.44. The van der Waals surface area contributed by atoms with Crippen molar-refractivity contribution >= 4 is 46.2 Å². The van der Waals surface area contributed by atoms with Gasteiger partial charge in [0.1, 0.15) is 17.2 Å². The van der Waals surface area contributed by atoms with E-state index in [9.17, 15) is 4.79 Å². The molecule has 152 valence electrons. The lowest BCUT2D eigenvalue weighted by Gasteiger charge is -2.20. The number of anilines is 1. The second-order valence-electron chi connectivity index (χ2n) is 6.49. The van der Waals surface area contributed by atoms with Gasteiger partial charge < -0.3 is 9.47 Å². The molecule has 0 aromatic heterocycles. The third-order valence-electron chi connectivity index (χ3n) is 4.52. The maximum Gasteiger partial charge on any atom is 0.283 e. The number of halogens is 1. The number of methoxy groups -OCH3 is 2. The number of carbonyl (C=O) groups excluding carboxylic acids is 1. The highest BCUT2D eigenvalue weighted by molar-refractivity contribution is 8.14. The molecule has 1 heterocycles. The lowest BCUT2D eigenvalue weighted by atomic mass is 10.2. The maximum atomic E-state index is 13.2. The van der Waals surface area contributed by atoms with E-state index < -0.39 is 0 Å². The summed E-state index contributed by atoms with van der Waals surface area (Å²) < 4.78 is 10.5. The van der Waals surface area contributed by atoms with Crippen LogP contribution in [0.3, 0.4) is 0 Å². The second-order valence-corrected chi connectivity index (χ2v) is 8.31. The molecule has 0 bridgehead atoms. The van der Waals surface area contributed by atoms with Gasteiger partial charge in [0.2, 0.25) is 0 Å². The molecule has 0 fully saturated rings. The van der Waals surface area contributed by atoms with Crippen molar-refractivity contribution in [2.75, 3.05) is 19.1 Å². The first kappa shape index (κ1) is 21.3. The highest BCUT2D eigenvalue weighted by atomic mass is 35.5. The fourth-order valence-electron chi connectivity index (χ4n) is 2.71. The van der Waals surface area contributed by atoms with Crippen LogP contribution in [0.25, 0.3) is 6.08 Å². The molecular formula is C22H23ClN2O3S. The Balaban J connectivity index is 2.00. The van der Waals surface area contributed by atoms with Crippen LogP contribution in [0.4, 0.5) is 5.69 Å². The molecule has 3 rings (SSSR count). The van der Waals surface area contributed by atoms with Crippen LogP contribution in [0.1, 0.15) is 25.8 Å². The van der Waals surface area contributed by atoms with E-state index >= 15 is 0 Å². The molecule has 0 saturated carbocycles. The fourth-order valence-corrected chi connectivity index (χ4v) is 3.88. The monoisotopic (exact) mass is 430 g/mol. The number of ether oxygens (including phenoxy) is 2. The van der Waals surface area contributed by atoms with Gasteiger partial charge in [-0.05, 0) is 42.3 Å². The molecule has 0 spiro atoms. The third-order valence-corrected chi connectivity index (χ3v) is 6.06. The Morgan fingerprint density at radius 3 is 2.52 bits per heavy atom. The Morgan fingerprint density at radius 2 is 1.90 bits per heavy atom. The van der Waals surface area contributed by atoms with Crippen molar-refractivity contribution in [3.05, 3.63) is 58.7 Å². The summed E-state index contributed by atoms with van der Waals surface area (Å²) in [6.07, 6.45) is 2.75. The smallest absolute Gasteiger partial charge is 0.283 e. The van der Waals surface area contributed by atoms with E-state index in [2.05, 4.69) is 18.8 Å². The molecule has 0 aliphatic carbocycles. The summed E-state index contributed by atoms with van der Waals surface area (Å²) in [6, 6.07) is 12.8. The molecule has 7 heteroatoms. The maximum absolute atomic E-state index is 13.2. The first-order valence-corrected chi connectivity index (χ1v) is 10.5. The van der Waals surface area contributed by atoms with Gasteiger partial charge >= 0.3 is 0 Å². The van der Waals surface area contributed by atoms with E-state index in [-0.39, 0.29) is 5.91 Å². The van der Waals surface area contributed by atoms with Gasteiger partial charge in [-0.15, -0.1) is 0 Å². The van der Waals surface area contributed by atoms with Gasteiger partial charge in [0.05, 0.1) is 24.9 Å². The van der Waals surface area contributed by atoms with Gasteiger partial charge in [0, 0.05) is 11.3 Å². The Kier molecular flexibility index (Phi) is 6.87. The molecule has 1 amide bonds. The average Bonchev–Trinajstić information content (AvgIpc) is 3.03. The van der Waals surface area contributed by atoms with Crippen LogP contribution in [0.15, 0.2) is 53.2 Å². The highest BCUT2D eigenvalue weighted by Gasteiger charge is 2.33. The van der Waals surface area contributed by atoms with Gasteiger partial charge in [-0.1, -0.05) is 49.3 Å². The summed E-state index contributed by atoms with van der Waals surface area (Å²) in [5.41, 5.74) is 1.93. The molecule has 29 heavy (non-hydrogen) atoms. The molecule has 1 unspecified atom stereocenters. The van der Waals surface area contributed by atoms with E-state index in [1.165, 1.54) is 0 Å².